The molecule has 2 N–H and O–H groups in total. The lowest BCUT2D eigenvalue weighted by atomic mass is 10.1. The summed E-state index contributed by atoms with van der Waals surface area (Å²) < 4.78 is 67.7. The number of ether oxygens (including phenoxy) is 1. The summed E-state index contributed by atoms with van der Waals surface area (Å²) in [6, 6.07) is 4.29. The normalized spacial score (nSPS) is 11.4. The molecule has 0 fully saturated rings. The van der Waals surface area contributed by atoms with Gasteiger partial charge in [0, 0.05) is 18.3 Å². The molecule has 0 bridgehead atoms. The number of alkyl halides is 5. The molecular formula is C24H35F5N6O2. The number of hydrogen-bond acceptors (Lipinski definition) is 8. The number of hydrogen-bond donors (Lipinski definition) is 2. The van der Waals surface area contributed by atoms with E-state index < -0.39 is 18.8 Å². The number of benzene rings is 1. The van der Waals surface area contributed by atoms with Gasteiger partial charge in [0.05, 0.1) is 31.4 Å². The zero-order valence-electron chi connectivity index (χ0n) is 21.9. The van der Waals surface area contributed by atoms with Crippen LogP contribution in [0.15, 0.2) is 30.6 Å². The second-order valence-corrected chi connectivity index (χ2v) is 6.99. The number of nitriles is 1. The number of anilines is 2. The van der Waals surface area contributed by atoms with Crippen LogP contribution in [-0.4, -0.2) is 40.5 Å². The number of rotatable bonds is 11. The second kappa shape index (κ2) is 17.3. The van der Waals surface area contributed by atoms with Gasteiger partial charge in [-0.05, 0) is 25.0 Å². The first-order valence-electron chi connectivity index (χ1n) is 11.9. The van der Waals surface area contributed by atoms with E-state index in [1.807, 2.05) is 46.1 Å². The van der Waals surface area contributed by atoms with Crippen LogP contribution < -0.4 is 20.2 Å². The molecule has 1 aromatic carbocycles. The Bertz CT molecular complexity index is 939. The Kier molecular flexibility index (Phi) is 15.7. The molecule has 0 unspecified atom stereocenters. The minimum Gasteiger partial charge on any atom is -0.435 e. The van der Waals surface area contributed by atoms with Gasteiger partial charge in [-0.3, -0.25) is 5.21 Å². The maximum atomic E-state index is 12.6. The van der Waals surface area contributed by atoms with Crippen LogP contribution in [0.1, 0.15) is 59.4 Å². The van der Waals surface area contributed by atoms with Gasteiger partial charge in [0.1, 0.15) is 23.3 Å². The SMILES string of the molecule is CC.CC.CCCN(Cc1ncc(N(O)N[C@@H](C)C(F)(F)F)cn1)c1cc(OC(F)F)ccc1CC#N. The first-order chi connectivity index (χ1) is 17.5. The fourth-order valence-electron chi connectivity index (χ4n) is 2.84. The standard InChI is InChI=1S/C20H23F5N6O2.2C2H6/c1-3-8-30(17-9-16(33-19(21)22)5-4-14(17)6-7-26)12-18-27-10-15(11-28-18)31(32)29-13(2)20(23,24)25;2*1-2/h4-5,9-11,13,19,29,32H,3,6,8,12H2,1-2H3;2*1-2H3/t13-;;/m0../s1. The second-order valence-electron chi connectivity index (χ2n) is 6.99. The lowest BCUT2D eigenvalue weighted by Crippen LogP contribution is -2.48. The summed E-state index contributed by atoms with van der Waals surface area (Å²) in [5.41, 5.74) is 2.82. The summed E-state index contributed by atoms with van der Waals surface area (Å²) in [5.74, 6) is 0.187. The summed E-state index contributed by atoms with van der Waals surface area (Å²) in [6.07, 6.45) is -1.59. The number of halogens is 5. The number of hydrazine groups is 1. The van der Waals surface area contributed by atoms with Crippen molar-refractivity contribution >= 4 is 11.4 Å². The smallest absolute Gasteiger partial charge is 0.405 e. The lowest BCUT2D eigenvalue weighted by molar-refractivity contribution is -0.155. The minimum atomic E-state index is -4.56. The van der Waals surface area contributed by atoms with Crippen molar-refractivity contribution in [3.63, 3.8) is 0 Å². The molecule has 0 saturated carbocycles. The van der Waals surface area contributed by atoms with E-state index in [4.69, 9.17) is 5.26 Å². The van der Waals surface area contributed by atoms with E-state index in [0.29, 0.717) is 24.2 Å². The van der Waals surface area contributed by atoms with Gasteiger partial charge < -0.3 is 9.64 Å². The van der Waals surface area contributed by atoms with Gasteiger partial charge in [0.25, 0.3) is 0 Å². The van der Waals surface area contributed by atoms with Crippen molar-refractivity contribution < 1.29 is 31.9 Å². The molecule has 1 heterocycles. The van der Waals surface area contributed by atoms with Crippen LogP contribution in [0.4, 0.5) is 33.3 Å². The molecule has 0 amide bonds. The van der Waals surface area contributed by atoms with Gasteiger partial charge >= 0.3 is 12.8 Å². The molecule has 2 rings (SSSR count). The molecule has 1 atom stereocenters. The molecule has 0 aliphatic rings. The summed E-state index contributed by atoms with van der Waals surface area (Å²) >= 11 is 0. The monoisotopic (exact) mass is 534 g/mol. The predicted octanol–water partition coefficient (Wildman–Crippen LogP) is 6.26. The number of nitrogens with zero attached hydrogens (tertiary/aromatic N) is 5. The Hall–Kier alpha value is -3.24. The molecule has 1 aromatic heterocycles. The average molecular weight is 535 g/mol. The summed E-state index contributed by atoms with van der Waals surface area (Å²) in [6.45, 7) is 8.31. The van der Waals surface area contributed by atoms with E-state index in [1.165, 1.54) is 18.2 Å². The predicted molar refractivity (Wildman–Crippen MR) is 131 cm³/mol. The number of aromatic nitrogens is 2. The molecular weight excluding hydrogens is 499 g/mol. The molecule has 0 aliphatic carbocycles. The van der Waals surface area contributed by atoms with E-state index in [0.717, 1.165) is 19.3 Å². The zero-order chi connectivity index (χ0) is 28.6. The van der Waals surface area contributed by atoms with Crippen molar-refractivity contribution in [2.45, 2.75) is 79.8 Å². The first kappa shape index (κ1) is 33.8. The van der Waals surface area contributed by atoms with E-state index in [-0.39, 0.29) is 35.4 Å². The van der Waals surface area contributed by atoms with E-state index in [1.54, 1.807) is 4.90 Å². The van der Waals surface area contributed by atoms with Crippen LogP contribution in [-0.2, 0) is 13.0 Å². The average Bonchev–Trinajstić information content (AvgIpc) is 2.87. The molecule has 0 saturated heterocycles. The molecule has 208 valence electrons. The highest BCUT2D eigenvalue weighted by Gasteiger charge is 2.37. The number of nitrogens with one attached hydrogen (secondary N) is 1. The molecule has 13 heteroatoms. The summed E-state index contributed by atoms with van der Waals surface area (Å²) in [5, 5.41) is 19.1. The molecule has 0 spiro atoms. The maximum absolute atomic E-state index is 12.6. The molecule has 0 radical (unpaired) electrons. The third-order valence-corrected chi connectivity index (χ3v) is 4.46. The largest absolute Gasteiger partial charge is 0.435 e. The highest BCUT2D eigenvalue weighted by Crippen LogP contribution is 2.29. The topological polar surface area (TPSA) is 97.5 Å². The Morgan fingerprint density at radius 2 is 1.73 bits per heavy atom. The Morgan fingerprint density at radius 3 is 2.22 bits per heavy atom. The van der Waals surface area contributed by atoms with Crippen molar-refractivity contribution in [1.82, 2.24) is 15.4 Å². The maximum Gasteiger partial charge on any atom is 0.405 e. The van der Waals surface area contributed by atoms with Gasteiger partial charge in [-0.15, -0.1) is 0 Å². The van der Waals surface area contributed by atoms with E-state index in [2.05, 4.69) is 14.7 Å². The third-order valence-electron chi connectivity index (χ3n) is 4.46. The van der Waals surface area contributed by atoms with Crippen LogP contribution >= 0.6 is 0 Å². The van der Waals surface area contributed by atoms with Crippen LogP contribution in [0.5, 0.6) is 5.75 Å². The van der Waals surface area contributed by atoms with Crippen LogP contribution in [0, 0.1) is 11.3 Å². The van der Waals surface area contributed by atoms with Crippen LogP contribution in [0.2, 0.25) is 0 Å². The Labute approximate surface area is 214 Å². The zero-order valence-corrected chi connectivity index (χ0v) is 21.9. The van der Waals surface area contributed by atoms with Gasteiger partial charge in [0.2, 0.25) is 0 Å². The van der Waals surface area contributed by atoms with Crippen molar-refractivity contribution in [3.05, 3.63) is 42.0 Å². The van der Waals surface area contributed by atoms with Crippen molar-refractivity contribution in [2.24, 2.45) is 0 Å². The van der Waals surface area contributed by atoms with Crippen molar-refractivity contribution in [1.29, 1.82) is 5.26 Å². The molecule has 8 nitrogen and oxygen atoms in total. The van der Waals surface area contributed by atoms with Crippen LogP contribution in [0.3, 0.4) is 0 Å². The Morgan fingerprint density at radius 1 is 1.14 bits per heavy atom. The van der Waals surface area contributed by atoms with Crippen molar-refractivity contribution in [2.75, 3.05) is 16.6 Å². The lowest BCUT2D eigenvalue weighted by Gasteiger charge is -2.27. The van der Waals surface area contributed by atoms with Gasteiger partial charge in [-0.1, -0.05) is 40.7 Å². The van der Waals surface area contributed by atoms with E-state index in [9.17, 15) is 27.2 Å². The summed E-state index contributed by atoms with van der Waals surface area (Å²) in [4.78, 5) is 9.92. The van der Waals surface area contributed by atoms with Gasteiger partial charge in [-0.25, -0.2) is 9.97 Å². The molecule has 2 aromatic rings. The highest BCUT2D eigenvalue weighted by atomic mass is 19.4. The molecule has 37 heavy (non-hydrogen) atoms. The fraction of sp³-hybridized carbons (Fsp3) is 0.542. The van der Waals surface area contributed by atoms with Gasteiger partial charge in [0.15, 0.2) is 0 Å². The quantitative estimate of drug-likeness (QED) is 0.257. The highest BCUT2D eigenvalue weighted by molar-refractivity contribution is 5.58. The van der Waals surface area contributed by atoms with Crippen molar-refractivity contribution in [3.8, 4) is 11.8 Å². The minimum absolute atomic E-state index is 0.0346. The fourth-order valence-corrected chi connectivity index (χ4v) is 2.84. The first-order valence-corrected chi connectivity index (χ1v) is 11.9. The van der Waals surface area contributed by atoms with Gasteiger partial charge in [-0.2, -0.15) is 37.8 Å². The third kappa shape index (κ3) is 11.6. The van der Waals surface area contributed by atoms with E-state index >= 15 is 0 Å². The molecule has 0 aliphatic heterocycles. The Balaban J connectivity index is 0.00000308. The van der Waals surface area contributed by atoms with Crippen LogP contribution in [0.25, 0.3) is 0 Å². The summed E-state index contributed by atoms with van der Waals surface area (Å²) in [7, 11) is 0.